The summed E-state index contributed by atoms with van der Waals surface area (Å²) >= 11 is 6.80. The molecule has 0 aliphatic carbocycles. The van der Waals surface area contributed by atoms with Crippen LogP contribution >= 0.6 is 24.0 Å². The standard InChI is InChI=1S/C31H35N7O3S2/c1-6-7-13-36-27(35-16-14-33(4)15-17-35)23(20(2)24(19-32)28(36)39)18-25-29(40)37(31(42)43-25)26-21(3)34(5)38(30(26)41)22-11-9-8-10-12-22/h8-12,18H,6-7,13-17H2,1-5H3. The Kier molecular flexibility index (Phi) is 8.78. The molecule has 2 aromatic heterocycles. The number of hydrogen-bond donors (Lipinski definition) is 0. The van der Waals surface area contributed by atoms with Gasteiger partial charge in [0.25, 0.3) is 17.0 Å². The van der Waals surface area contributed by atoms with Crippen LogP contribution in [-0.2, 0) is 18.4 Å². The van der Waals surface area contributed by atoms with E-state index in [9.17, 15) is 19.6 Å². The molecule has 2 aliphatic heterocycles. The summed E-state index contributed by atoms with van der Waals surface area (Å²) < 4.78 is 5.19. The number of pyridine rings is 1. The van der Waals surface area contributed by atoms with E-state index in [1.165, 1.54) is 9.58 Å². The summed E-state index contributed by atoms with van der Waals surface area (Å²) in [4.78, 5) is 47.4. The minimum absolute atomic E-state index is 0.0698. The Labute approximate surface area is 260 Å². The number of thiocarbonyl (C=S) groups is 1. The minimum Gasteiger partial charge on any atom is -0.355 e. The number of likely N-dealkylation sites (N-methyl/N-ethyl adjacent to an activating group) is 1. The predicted molar refractivity (Wildman–Crippen MR) is 176 cm³/mol. The highest BCUT2D eigenvalue weighted by molar-refractivity contribution is 8.27. The third kappa shape index (κ3) is 5.37. The number of unbranched alkanes of at least 4 members (excludes halogenated alkanes) is 1. The number of benzene rings is 1. The van der Waals surface area contributed by atoms with Gasteiger partial charge < -0.3 is 9.80 Å². The average Bonchev–Trinajstić information content (AvgIpc) is 3.39. The van der Waals surface area contributed by atoms with Crippen LogP contribution in [0.5, 0.6) is 0 Å². The van der Waals surface area contributed by atoms with Gasteiger partial charge >= 0.3 is 0 Å². The first kappa shape index (κ1) is 30.5. The zero-order chi connectivity index (χ0) is 31.0. The summed E-state index contributed by atoms with van der Waals surface area (Å²) in [5.41, 5.74) is 2.08. The number of nitrogens with zero attached hydrogens (tertiary/aromatic N) is 7. The van der Waals surface area contributed by atoms with Crippen molar-refractivity contribution in [3.8, 4) is 11.8 Å². The lowest BCUT2D eigenvalue weighted by Gasteiger charge is -2.36. The lowest BCUT2D eigenvalue weighted by atomic mass is 10.0. The van der Waals surface area contributed by atoms with Crippen molar-refractivity contribution in [3.63, 3.8) is 0 Å². The van der Waals surface area contributed by atoms with Crippen molar-refractivity contribution in [1.29, 1.82) is 5.26 Å². The quantitative estimate of drug-likeness (QED) is 0.292. The van der Waals surface area contributed by atoms with E-state index in [0.29, 0.717) is 47.0 Å². The number of carbonyl (C=O) groups is 1. The molecule has 2 saturated heterocycles. The molecule has 3 aromatic rings. The number of thioether (sulfide) groups is 1. The molecule has 0 N–H and O–H groups in total. The Balaban J connectivity index is 1.66. The summed E-state index contributed by atoms with van der Waals surface area (Å²) in [6.07, 6.45) is 3.41. The first-order valence-electron chi connectivity index (χ1n) is 14.3. The molecule has 0 unspecified atom stereocenters. The Morgan fingerprint density at radius 3 is 2.33 bits per heavy atom. The van der Waals surface area contributed by atoms with Crippen LogP contribution in [-0.4, -0.2) is 62.3 Å². The molecular formula is C31H35N7O3S2. The van der Waals surface area contributed by atoms with Crippen molar-refractivity contribution in [1.82, 2.24) is 18.8 Å². The van der Waals surface area contributed by atoms with Crippen molar-refractivity contribution in [2.24, 2.45) is 7.05 Å². The molecular weight excluding hydrogens is 583 g/mol. The number of hydrogen-bond acceptors (Lipinski definition) is 8. The third-order valence-corrected chi connectivity index (χ3v) is 9.50. The van der Waals surface area contributed by atoms with Crippen LogP contribution in [0.25, 0.3) is 11.8 Å². The SMILES string of the molecule is CCCCn1c(N2CCN(C)CC2)c(C=C2SC(=S)N(c3c(C)n(C)n(-c4ccccc4)c3=O)C2=O)c(C)c(C#N)c1=O. The van der Waals surface area contributed by atoms with Crippen LogP contribution in [0.4, 0.5) is 11.5 Å². The highest BCUT2D eigenvalue weighted by Gasteiger charge is 2.38. The van der Waals surface area contributed by atoms with Gasteiger partial charge in [-0.3, -0.25) is 28.5 Å². The van der Waals surface area contributed by atoms with Gasteiger partial charge in [-0.2, -0.15) is 5.26 Å². The number of amides is 1. The molecule has 0 spiro atoms. The molecule has 10 nitrogen and oxygen atoms in total. The zero-order valence-electron chi connectivity index (χ0n) is 25.1. The predicted octanol–water partition coefficient (Wildman–Crippen LogP) is 3.78. The molecule has 1 aromatic carbocycles. The van der Waals surface area contributed by atoms with E-state index in [2.05, 4.69) is 29.8 Å². The van der Waals surface area contributed by atoms with Gasteiger partial charge in [0.15, 0.2) is 4.32 Å². The number of nitriles is 1. The van der Waals surface area contributed by atoms with Crippen molar-refractivity contribution in [3.05, 3.63) is 78.3 Å². The Bertz CT molecular complexity index is 1790. The maximum Gasteiger partial charge on any atom is 0.296 e. The van der Waals surface area contributed by atoms with Gasteiger partial charge in [-0.1, -0.05) is 55.5 Å². The summed E-state index contributed by atoms with van der Waals surface area (Å²) in [6, 6.07) is 11.3. The first-order valence-corrected chi connectivity index (χ1v) is 15.6. The third-order valence-electron chi connectivity index (χ3n) is 8.20. The monoisotopic (exact) mass is 617 g/mol. The number of rotatable bonds is 7. The lowest BCUT2D eigenvalue weighted by molar-refractivity contribution is -0.113. The minimum atomic E-state index is -0.408. The van der Waals surface area contributed by atoms with Crippen molar-refractivity contribution >= 4 is 51.8 Å². The first-order chi connectivity index (χ1) is 20.6. The van der Waals surface area contributed by atoms with Gasteiger partial charge in [0.2, 0.25) is 0 Å². The van der Waals surface area contributed by atoms with Gasteiger partial charge in [0, 0.05) is 45.3 Å². The van der Waals surface area contributed by atoms with Gasteiger partial charge in [0.05, 0.1) is 16.3 Å². The number of carbonyl (C=O) groups excluding carboxylic acids is 1. The highest BCUT2D eigenvalue weighted by Crippen LogP contribution is 2.38. The molecule has 12 heteroatoms. The molecule has 1 amide bonds. The van der Waals surface area contributed by atoms with Crippen molar-refractivity contribution < 1.29 is 4.79 Å². The zero-order valence-corrected chi connectivity index (χ0v) is 26.7. The number of anilines is 2. The molecule has 4 heterocycles. The van der Waals surface area contributed by atoms with E-state index in [-0.39, 0.29) is 26.7 Å². The van der Waals surface area contributed by atoms with Gasteiger partial charge in [-0.05, 0) is 51.1 Å². The van der Waals surface area contributed by atoms with Crippen LogP contribution in [0.3, 0.4) is 0 Å². The molecule has 43 heavy (non-hydrogen) atoms. The van der Waals surface area contributed by atoms with Crippen molar-refractivity contribution in [2.75, 3.05) is 43.0 Å². The molecule has 224 valence electrons. The van der Waals surface area contributed by atoms with Crippen LogP contribution in [0, 0.1) is 25.2 Å². The maximum absolute atomic E-state index is 14.0. The second kappa shape index (κ2) is 12.4. The van der Waals surface area contributed by atoms with Crippen LogP contribution < -0.4 is 20.9 Å². The second-order valence-corrected chi connectivity index (χ2v) is 12.6. The van der Waals surface area contributed by atoms with Gasteiger partial charge in [-0.15, -0.1) is 0 Å². The molecule has 2 aliphatic rings. The number of piperazine rings is 1. The lowest BCUT2D eigenvalue weighted by Crippen LogP contribution is -2.47. The largest absolute Gasteiger partial charge is 0.355 e. The number of aromatic nitrogens is 3. The van der Waals surface area contributed by atoms with Gasteiger partial charge in [0.1, 0.15) is 23.1 Å². The maximum atomic E-state index is 14.0. The van der Waals surface area contributed by atoms with E-state index < -0.39 is 5.91 Å². The Morgan fingerprint density at radius 2 is 1.70 bits per heavy atom. The topological polar surface area (TPSA) is 99.5 Å². The van der Waals surface area contributed by atoms with E-state index in [1.807, 2.05) is 30.3 Å². The fourth-order valence-corrected chi connectivity index (χ4v) is 6.88. The Hall–Kier alpha value is -3.92. The Morgan fingerprint density at radius 1 is 1.02 bits per heavy atom. The van der Waals surface area contributed by atoms with Gasteiger partial charge in [-0.25, -0.2) is 4.68 Å². The van der Waals surface area contributed by atoms with Crippen LogP contribution in [0.15, 0.2) is 44.8 Å². The van der Waals surface area contributed by atoms with E-state index >= 15 is 0 Å². The normalized spacial score (nSPS) is 16.9. The van der Waals surface area contributed by atoms with E-state index in [4.69, 9.17) is 12.2 Å². The summed E-state index contributed by atoms with van der Waals surface area (Å²) in [5, 5.41) is 9.99. The summed E-state index contributed by atoms with van der Waals surface area (Å²) in [6.45, 7) is 9.13. The van der Waals surface area contributed by atoms with Crippen LogP contribution in [0.1, 0.15) is 42.1 Å². The van der Waals surface area contributed by atoms with Crippen LogP contribution in [0.2, 0.25) is 0 Å². The molecule has 0 atom stereocenters. The average molecular weight is 618 g/mol. The fraction of sp³-hybridized carbons (Fsp3) is 0.387. The highest BCUT2D eigenvalue weighted by atomic mass is 32.2. The summed E-state index contributed by atoms with van der Waals surface area (Å²) in [7, 11) is 3.84. The molecule has 0 saturated carbocycles. The van der Waals surface area contributed by atoms with E-state index in [1.54, 1.807) is 36.2 Å². The second-order valence-electron chi connectivity index (χ2n) is 10.9. The summed E-state index contributed by atoms with van der Waals surface area (Å²) in [5.74, 6) is 0.310. The fourth-order valence-electron chi connectivity index (χ4n) is 5.63. The molecule has 5 rings (SSSR count). The molecule has 0 radical (unpaired) electrons. The molecule has 2 fully saturated rings. The van der Waals surface area contributed by atoms with Crippen molar-refractivity contribution in [2.45, 2.75) is 40.2 Å². The molecule has 0 bridgehead atoms. The smallest absolute Gasteiger partial charge is 0.296 e. The van der Waals surface area contributed by atoms with E-state index in [0.717, 1.165) is 43.5 Å². The number of para-hydroxylation sites is 1.